The van der Waals surface area contributed by atoms with Gasteiger partial charge in [-0.15, -0.1) is 0 Å². The fraction of sp³-hybridized carbons (Fsp3) is 0.471. The summed E-state index contributed by atoms with van der Waals surface area (Å²) in [5.74, 6) is 1.57. The Labute approximate surface area is 154 Å². The van der Waals surface area contributed by atoms with Crippen LogP contribution in [0.5, 0.6) is 0 Å². The minimum atomic E-state index is -3.35. The Bertz CT molecular complexity index is 863. The van der Waals surface area contributed by atoms with Crippen LogP contribution in [-0.4, -0.2) is 59.2 Å². The van der Waals surface area contributed by atoms with Gasteiger partial charge in [-0.1, -0.05) is 6.07 Å². The number of nitrogens with one attached hydrogen (secondary N) is 1. The third kappa shape index (κ3) is 4.17. The maximum Gasteiger partial charge on any atom is 0.281 e. The highest BCUT2D eigenvalue weighted by Crippen LogP contribution is 2.28. The average molecular weight is 376 g/mol. The number of piperidine rings is 1. The molecular weight excluding hydrogens is 352 g/mol. The van der Waals surface area contributed by atoms with Crippen LogP contribution in [0.1, 0.15) is 30.1 Å². The Kier molecular flexibility index (Phi) is 5.49. The second-order valence-corrected chi connectivity index (χ2v) is 8.72. The molecule has 9 heteroatoms. The second-order valence-electron chi connectivity index (χ2n) is 6.58. The lowest BCUT2D eigenvalue weighted by atomic mass is 9.95. The van der Waals surface area contributed by atoms with Crippen molar-refractivity contribution in [3.63, 3.8) is 0 Å². The normalized spacial score (nSPS) is 16.8. The van der Waals surface area contributed by atoms with Crippen LogP contribution in [0.15, 0.2) is 30.6 Å². The van der Waals surface area contributed by atoms with E-state index >= 15 is 0 Å². The summed E-state index contributed by atoms with van der Waals surface area (Å²) in [4.78, 5) is 13.3. The van der Waals surface area contributed by atoms with E-state index in [2.05, 4.69) is 20.3 Å². The highest BCUT2D eigenvalue weighted by atomic mass is 32.2. The molecule has 1 fully saturated rings. The van der Waals surface area contributed by atoms with Gasteiger partial charge in [-0.2, -0.15) is 17.0 Å². The molecule has 0 bridgehead atoms. The zero-order chi connectivity index (χ0) is 18.7. The van der Waals surface area contributed by atoms with Gasteiger partial charge in [0.15, 0.2) is 0 Å². The molecule has 0 radical (unpaired) electrons. The molecule has 0 saturated carbocycles. The Morgan fingerprint density at radius 3 is 2.50 bits per heavy atom. The van der Waals surface area contributed by atoms with Crippen molar-refractivity contribution in [2.75, 3.05) is 32.5 Å². The third-order valence-electron chi connectivity index (χ3n) is 4.46. The Morgan fingerprint density at radius 1 is 1.12 bits per heavy atom. The number of anilines is 2. The molecule has 26 heavy (non-hydrogen) atoms. The van der Waals surface area contributed by atoms with Crippen molar-refractivity contribution in [2.24, 2.45) is 0 Å². The van der Waals surface area contributed by atoms with Gasteiger partial charge in [0.25, 0.3) is 10.2 Å². The van der Waals surface area contributed by atoms with Gasteiger partial charge in [0.2, 0.25) is 0 Å². The van der Waals surface area contributed by atoms with Crippen LogP contribution in [0.25, 0.3) is 0 Å². The van der Waals surface area contributed by atoms with Crippen LogP contribution in [0.2, 0.25) is 0 Å². The van der Waals surface area contributed by atoms with Crippen molar-refractivity contribution in [3.8, 4) is 0 Å². The Balaban J connectivity index is 1.68. The number of hydrogen-bond acceptors (Lipinski definition) is 6. The molecule has 0 spiro atoms. The molecule has 0 amide bonds. The predicted octanol–water partition coefficient (Wildman–Crippen LogP) is 1.91. The summed E-state index contributed by atoms with van der Waals surface area (Å²) in [6, 6.07) is 5.75. The first-order valence-electron chi connectivity index (χ1n) is 8.56. The molecule has 0 aliphatic carbocycles. The van der Waals surface area contributed by atoms with Crippen LogP contribution in [0.3, 0.4) is 0 Å². The fourth-order valence-electron chi connectivity index (χ4n) is 3.00. The second kappa shape index (κ2) is 7.65. The molecule has 1 aliphatic heterocycles. The third-order valence-corrected chi connectivity index (χ3v) is 6.40. The molecule has 1 saturated heterocycles. The highest BCUT2D eigenvalue weighted by Gasteiger charge is 2.30. The minimum absolute atomic E-state index is 0.198. The smallest absolute Gasteiger partial charge is 0.281 e. The standard InChI is InChI=1S/C17H24N6O2S/c1-13-5-4-6-16(19-13)21-17-12-18-11-15(20-17)14-7-9-23(10-8-14)26(24,25)22(2)3/h4-6,11-12,14H,7-10H2,1-3H3,(H,19,20,21). The SMILES string of the molecule is Cc1cccc(Nc2cncc(C3CCN(S(=O)(=O)N(C)C)CC3)n2)n1. The maximum absolute atomic E-state index is 12.2. The molecule has 3 rings (SSSR count). The summed E-state index contributed by atoms with van der Waals surface area (Å²) in [5, 5.41) is 3.17. The van der Waals surface area contributed by atoms with Crippen molar-refractivity contribution in [3.05, 3.63) is 42.0 Å². The molecule has 2 aromatic rings. The van der Waals surface area contributed by atoms with Gasteiger partial charge in [-0.05, 0) is 31.9 Å². The number of aryl methyl sites for hydroxylation is 1. The quantitative estimate of drug-likeness (QED) is 0.857. The number of hydrogen-bond donors (Lipinski definition) is 1. The van der Waals surface area contributed by atoms with E-state index in [-0.39, 0.29) is 5.92 Å². The van der Waals surface area contributed by atoms with E-state index in [9.17, 15) is 8.42 Å². The summed E-state index contributed by atoms with van der Waals surface area (Å²) < 4.78 is 27.2. The summed E-state index contributed by atoms with van der Waals surface area (Å²) in [7, 11) is -0.235. The number of aromatic nitrogens is 3. The maximum atomic E-state index is 12.2. The molecule has 0 unspecified atom stereocenters. The molecule has 140 valence electrons. The molecule has 1 N–H and O–H groups in total. The number of rotatable bonds is 5. The van der Waals surface area contributed by atoms with E-state index in [0.717, 1.165) is 30.0 Å². The first kappa shape index (κ1) is 18.7. The Morgan fingerprint density at radius 2 is 1.85 bits per heavy atom. The zero-order valence-electron chi connectivity index (χ0n) is 15.3. The lowest BCUT2D eigenvalue weighted by Gasteiger charge is -2.32. The lowest BCUT2D eigenvalue weighted by molar-refractivity contribution is 0.300. The molecule has 0 atom stereocenters. The van der Waals surface area contributed by atoms with E-state index in [1.165, 1.54) is 8.61 Å². The zero-order valence-corrected chi connectivity index (χ0v) is 16.1. The van der Waals surface area contributed by atoms with E-state index in [1.807, 2.05) is 25.1 Å². The van der Waals surface area contributed by atoms with Crippen LogP contribution in [-0.2, 0) is 10.2 Å². The average Bonchev–Trinajstić information content (AvgIpc) is 2.62. The predicted molar refractivity (Wildman–Crippen MR) is 100 cm³/mol. The highest BCUT2D eigenvalue weighted by molar-refractivity contribution is 7.86. The van der Waals surface area contributed by atoms with Crippen molar-refractivity contribution < 1.29 is 8.42 Å². The molecular formula is C17H24N6O2S. The van der Waals surface area contributed by atoms with Crippen LogP contribution < -0.4 is 5.32 Å². The van der Waals surface area contributed by atoms with E-state index < -0.39 is 10.2 Å². The van der Waals surface area contributed by atoms with Crippen molar-refractivity contribution >= 4 is 21.8 Å². The molecule has 1 aliphatic rings. The topological polar surface area (TPSA) is 91.3 Å². The van der Waals surface area contributed by atoms with Crippen LogP contribution in [0.4, 0.5) is 11.6 Å². The number of pyridine rings is 1. The van der Waals surface area contributed by atoms with Crippen molar-refractivity contribution in [2.45, 2.75) is 25.7 Å². The minimum Gasteiger partial charge on any atom is -0.324 e. The van der Waals surface area contributed by atoms with Crippen LogP contribution >= 0.6 is 0 Å². The van der Waals surface area contributed by atoms with Gasteiger partial charge in [0, 0.05) is 45.0 Å². The van der Waals surface area contributed by atoms with Gasteiger partial charge in [-0.3, -0.25) is 4.98 Å². The first-order chi connectivity index (χ1) is 12.4. The van der Waals surface area contributed by atoms with Gasteiger partial charge in [0.05, 0.1) is 11.9 Å². The first-order valence-corrected chi connectivity index (χ1v) is 9.96. The van der Waals surface area contributed by atoms with Gasteiger partial charge in [0.1, 0.15) is 11.6 Å². The largest absolute Gasteiger partial charge is 0.324 e. The van der Waals surface area contributed by atoms with Crippen molar-refractivity contribution in [1.29, 1.82) is 0 Å². The summed E-state index contributed by atoms with van der Waals surface area (Å²) >= 11 is 0. The molecule has 8 nitrogen and oxygen atoms in total. The van der Waals surface area contributed by atoms with E-state index in [0.29, 0.717) is 18.9 Å². The van der Waals surface area contributed by atoms with Gasteiger partial charge in [-0.25, -0.2) is 9.97 Å². The van der Waals surface area contributed by atoms with Crippen molar-refractivity contribution in [1.82, 2.24) is 23.6 Å². The van der Waals surface area contributed by atoms with Gasteiger partial charge >= 0.3 is 0 Å². The van der Waals surface area contributed by atoms with Crippen LogP contribution in [0, 0.1) is 6.92 Å². The van der Waals surface area contributed by atoms with Gasteiger partial charge < -0.3 is 5.32 Å². The molecule has 2 aromatic heterocycles. The van der Waals surface area contributed by atoms with E-state index in [1.54, 1.807) is 26.5 Å². The number of nitrogens with zero attached hydrogens (tertiary/aromatic N) is 5. The summed E-state index contributed by atoms with van der Waals surface area (Å²) in [6.07, 6.45) is 4.89. The molecule has 0 aromatic carbocycles. The summed E-state index contributed by atoms with van der Waals surface area (Å²) in [6.45, 7) is 2.91. The Hall–Kier alpha value is -2.10. The fourth-order valence-corrected chi connectivity index (χ4v) is 4.13. The summed E-state index contributed by atoms with van der Waals surface area (Å²) in [5.41, 5.74) is 1.80. The monoisotopic (exact) mass is 376 g/mol. The molecule has 3 heterocycles. The lowest BCUT2D eigenvalue weighted by Crippen LogP contribution is -2.44. The van der Waals surface area contributed by atoms with E-state index in [4.69, 9.17) is 0 Å².